The van der Waals surface area contributed by atoms with Crippen LogP contribution in [-0.4, -0.2) is 4.98 Å². The zero-order valence-electron chi connectivity index (χ0n) is 6.50. The first-order chi connectivity index (χ1) is 6.25. The molecule has 1 heterocycles. The summed E-state index contributed by atoms with van der Waals surface area (Å²) in [5.74, 6) is 0.619. The van der Waals surface area contributed by atoms with Crippen molar-refractivity contribution < 1.29 is 4.42 Å². The molecule has 4 heteroatoms. The van der Waals surface area contributed by atoms with Crippen LogP contribution in [0.5, 0.6) is 0 Å². The van der Waals surface area contributed by atoms with E-state index in [2.05, 4.69) is 36.8 Å². The molecule has 0 radical (unpaired) electrons. The number of nitrogens with zero attached hydrogens (tertiary/aromatic N) is 1. The molecule has 0 unspecified atom stereocenters. The number of rotatable bonds is 1. The number of benzene rings is 1. The number of oxazole rings is 1. The highest BCUT2D eigenvalue weighted by atomic mass is 79.9. The molecule has 0 saturated carbocycles. The SMILES string of the molecule is Brc1cccc(-c2ncc(Br)o2)c1. The molecular weight excluding hydrogens is 298 g/mol. The molecule has 0 amide bonds. The first-order valence-electron chi connectivity index (χ1n) is 3.63. The van der Waals surface area contributed by atoms with Gasteiger partial charge in [-0.3, -0.25) is 0 Å². The smallest absolute Gasteiger partial charge is 0.227 e. The zero-order chi connectivity index (χ0) is 9.26. The van der Waals surface area contributed by atoms with Crippen molar-refractivity contribution in [2.24, 2.45) is 0 Å². The molecule has 0 fully saturated rings. The molecule has 0 spiro atoms. The van der Waals surface area contributed by atoms with E-state index in [1.54, 1.807) is 6.20 Å². The normalized spacial score (nSPS) is 10.3. The van der Waals surface area contributed by atoms with Crippen LogP contribution >= 0.6 is 31.9 Å². The van der Waals surface area contributed by atoms with E-state index in [0.29, 0.717) is 10.6 Å². The van der Waals surface area contributed by atoms with E-state index in [4.69, 9.17) is 4.42 Å². The summed E-state index contributed by atoms with van der Waals surface area (Å²) in [7, 11) is 0. The molecule has 0 aliphatic rings. The first kappa shape index (κ1) is 8.97. The number of halogens is 2. The Morgan fingerprint density at radius 1 is 1.23 bits per heavy atom. The van der Waals surface area contributed by atoms with E-state index in [9.17, 15) is 0 Å². The van der Waals surface area contributed by atoms with E-state index >= 15 is 0 Å². The van der Waals surface area contributed by atoms with Gasteiger partial charge in [-0.05, 0) is 34.1 Å². The molecule has 0 saturated heterocycles. The Labute approximate surface area is 92.2 Å². The molecular formula is C9H5Br2NO. The Kier molecular flexibility index (Phi) is 2.51. The maximum Gasteiger partial charge on any atom is 0.227 e. The Hall–Kier alpha value is -0.610. The van der Waals surface area contributed by atoms with Gasteiger partial charge in [-0.1, -0.05) is 22.0 Å². The van der Waals surface area contributed by atoms with Gasteiger partial charge in [0, 0.05) is 10.0 Å². The molecule has 1 aromatic heterocycles. The second kappa shape index (κ2) is 3.64. The summed E-state index contributed by atoms with van der Waals surface area (Å²) >= 11 is 6.59. The zero-order valence-corrected chi connectivity index (χ0v) is 9.67. The van der Waals surface area contributed by atoms with Crippen molar-refractivity contribution in [1.82, 2.24) is 4.98 Å². The van der Waals surface area contributed by atoms with Crippen molar-refractivity contribution in [2.75, 3.05) is 0 Å². The van der Waals surface area contributed by atoms with Gasteiger partial charge in [0.1, 0.15) is 0 Å². The van der Waals surface area contributed by atoms with Gasteiger partial charge >= 0.3 is 0 Å². The Bertz CT molecular complexity index is 425. The van der Waals surface area contributed by atoms with Crippen molar-refractivity contribution in [3.05, 3.63) is 39.6 Å². The van der Waals surface area contributed by atoms with Crippen LogP contribution in [-0.2, 0) is 0 Å². The molecule has 0 aliphatic carbocycles. The van der Waals surface area contributed by atoms with Crippen LogP contribution in [0.15, 0.2) is 44.0 Å². The van der Waals surface area contributed by atoms with Gasteiger partial charge in [0.2, 0.25) is 5.89 Å². The van der Waals surface area contributed by atoms with E-state index in [1.807, 2.05) is 24.3 Å². The summed E-state index contributed by atoms with van der Waals surface area (Å²) in [5, 5.41) is 0. The highest BCUT2D eigenvalue weighted by molar-refractivity contribution is 9.10. The maximum atomic E-state index is 5.31. The molecule has 2 rings (SSSR count). The second-order valence-electron chi connectivity index (χ2n) is 2.48. The van der Waals surface area contributed by atoms with Gasteiger partial charge in [0.05, 0.1) is 6.20 Å². The fourth-order valence-corrected chi connectivity index (χ4v) is 1.66. The number of hydrogen-bond acceptors (Lipinski definition) is 2. The lowest BCUT2D eigenvalue weighted by Gasteiger charge is -1.94. The first-order valence-corrected chi connectivity index (χ1v) is 5.21. The summed E-state index contributed by atoms with van der Waals surface area (Å²) in [6, 6.07) is 7.81. The average molecular weight is 303 g/mol. The van der Waals surface area contributed by atoms with Gasteiger partial charge < -0.3 is 4.42 Å². The van der Waals surface area contributed by atoms with Crippen LogP contribution in [0.1, 0.15) is 0 Å². The minimum absolute atomic E-state index is 0.619. The summed E-state index contributed by atoms with van der Waals surface area (Å²) in [6.45, 7) is 0. The largest absolute Gasteiger partial charge is 0.429 e. The van der Waals surface area contributed by atoms with Crippen LogP contribution in [0, 0.1) is 0 Å². The fraction of sp³-hybridized carbons (Fsp3) is 0. The predicted octanol–water partition coefficient (Wildman–Crippen LogP) is 3.87. The predicted molar refractivity (Wildman–Crippen MR) is 57.3 cm³/mol. The van der Waals surface area contributed by atoms with Crippen molar-refractivity contribution in [2.45, 2.75) is 0 Å². The van der Waals surface area contributed by atoms with Crippen LogP contribution in [0.25, 0.3) is 11.5 Å². The van der Waals surface area contributed by atoms with Crippen molar-refractivity contribution in [3.8, 4) is 11.5 Å². The molecule has 1 aromatic carbocycles. The van der Waals surface area contributed by atoms with Gasteiger partial charge in [-0.2, -0.15) is 0 Å². The standard InChI is InChI=1S/C9H5Br2NO/c10-7-3-1-2-6(4-7)9-12-5-8(11)13-9/h1-5H. The van der Waals surface area contributed by atoms with Crippen molar-refractivity contribution in [3.63, 3.8) is 0 Å². The molecule has 2 nitrogen and oxygen atoms in total. The third kappa shape index (κ3) is 2.00. The molecule has 2 aromatic rings. The summed E-state index contributed by atoms with van der Waals surface area (Å²) in [5.41, 5.74) is 0.958. The highest BCUT2D eigenvalue weighted by Crippen LogP contribution is 2.24. The molecule has 0 atom stereocenters. The lowest BCUT2D eigenvalue weighted by Crippen LogP contribution is -1.75. The summed E-state index contributed by atoms with van der Waals surface area (Å²) < 4.78 is 6.96. The molecule has 0 aliphatic heterocycles. The minimum Gasteiger partial charge on any atom is -0.429 e. The topological polar surface area (TPSA) is 26.0 Å². The molecule has 66 valence electrons. The molecule has 0 bridgehead atoms. The van der Waals surface area contributed by atoms with E-state index in [1.165, 1.54) is 0 Å². The van der Waals surface area contributed by atoms with Crippen LogP contribution in [0.2, 0.25) is 0 Å². The van der Waals surface area contributed by atoms with Gasteiger partial charge in [0.15, 0.2) is 4.67 Å². The lowest BCUT2D eigenvalue weighted by molar-refractivity contribution is 0.549. The number of aromatic nitrogens is 1. The second-order valence-corrected chi connectivity index (χ2v) is 4.18. The van der Waals surface area contributed by atoms with Crippen LogP contribution in [0.4, 0.5) is 0 Å². The minimum atomic E-state index is 0.619. The maximum absolute atomic E-state index is 5.31. The van der Waals surface area contributed by atoms with Gasteiger partial charge in [0.25, 0.3) is 0 Å². The fourth-order valence-electron chi connectivity index (χ4n) is 1.01. The third-order valence-electron chi connectivity index (χ3n) is 1.55. The summed E-state index contributed by atoms with van der Waals surface area (Å²) in [4.78, 5) is 4.09. The Balaban J connectivity index is 2.46. The Morgan fingerprint density at radius 3 is 2.69 bits per heavy atom. The molecule has 13 heavy (non-hydrogen) atoms. The van der Waals surface area contributed by atoms with Gasteiger partial charge in [-0.25, -0.2) is 4.98 Å². The van der Waals surface area contributed by atoms with E-state index in [0.717, 1.165) is 10.0 Å². The van der Waals surface area contributed by atoms with Crippen LogP contribution < -0.4 is 0 Å². The lowest BCUT2D eigenvalue weighted by atomic mass is 10.2. The van der Waals surface area contributed by atoms with Crippen molar-refractivity contribution >= 4 is 31.9 Å². The van der Waals surface area contributed by atoms with E-state index < -0.39 is 0 Å². The van der Waals surface area contributed by atoms with Crippen LogP contribution in [0.3, 0.4) is 0 Å². The molecule has 0 N–H and O–H groups in total. The monoisotopic (exact) mass is 301 g/mol. The quantitative estimate of drug-likeness (QED) is 0.799. The van der Waals surface area contributed by atoms with E-state index in [-0.39, 0.29) is 0 Å². The van der Waals surface area contributed by atoms with Crippen molar-refractivity contribution in [1.29, 1.82) is 0 Å². The number of hydrogen-bond donors (Lipinski definition) is 0. The third-order valence-corrected chi connectivity index (χ3v) is 2.41. The summed E-state index contributed by atoms with van der Waals surface area (Å²) in [6.07, 6.45) is 1.64. The highest BCUT2D eigenvalue weighted by Gasteiger charge is 2.04. The Morgan fingerprint density at radius 2 is 2.08 bits per heavy atom. The van der Waals surface area contributed by atoms with Gasteiger partial charge in [-0.15, -0.1) is 0 Å². The average Bonchev–Trinajstić information content (AvgIpc) is 2.52.